The standard InChI is InChI=1S/C12H9Cl2FN2/c13-9-2-4-12(17-7-9)16-6-8-1-3-11(15)10(14)5-8/h1-5,7H,6H2,(H,16,17). The lowest BCUT2D eigenvalue weighted by atomic mass is 10.2. The van der Waals surface area contributed by atoms with Crippen LogP contribution in [0.1, 0.15) is 5.56 Å². The second-order valence-electron chi connectivity index (χ2n) is 3.46. The van der Waals surface area contributed by atoms with Crippen LogP contribution in [0.3, 0.4) is 0 Å². The summed E-state index contributed by atoms with van der Waals surface area (Å²) in [6, 6.07) is 8.11. The Morgan fingerprint density at radius 1 is 1.18 bits per heavy atom. The van der Waals surface area contributed by atoms with Gasteiger partial charge in [-0.2, -0.15) is 0 Å². The first-order chi connectivity index (χ1) is 8.15. The van der Waals surface area contributed by atoms with Crippen molar-refractivity contribution in [2.24, 2.45) is 0 Å². The Bertz CT molecular complexity index is 514. The molecule has 1 aromatic heterocycles. The number of benzene rings is 1. The van der Waals surface area contributed by atoms with E-state index in [2.05, 4.69) is 10.3 Å². The van der Waals surface area contributed by atoms with E-state index in [-0.39, 0.29) is 5.02 Å². The molecule has 17 heavy (non-hydrogen) atoms. The molecule has 88 valence electrons. The number of anilines is 1. The van der Waals surface area contributed by atoms with Crippen LogP contribution in [-0.4, -0.2) is 4.98 Å². The van der Waals surface area contributed by atoms with E-state index in [1.54, 1.807) is 30.5 Å². The molecule has 0 unspecified atom stereocenters. The molecule has 1 N–H and O–H groups in total. The molecule has 1 heterocycles. The maximum Gasteiger partial charge on any atom is 0.141 e. The van der Waals surface area contributed by atoms with Crippen molar-refractivity contribution in [2.45, 2.75) is 6.54 Å². The summed E-state index contributed by atoms with van der Waals surface area (Å²) in [4.78, 5) is 4.08. The number of nitrogens with one attached hydrogen (secondary N) is 1. The van der Waals surface area contributed by atoms with Crippen LogP contribution in [0.4, 0.5) is 10.2 Å². The number of pyridine rings is 1. The third kappa shape index (κ3) is 3.32. The van der Waals surface area contributed by atoms with E-state index >= 15 is 0 Å². The quantitative estimate of drug-likeness (QED) is 0.907. The molecule has 0 aliphatic heterocycles. The largest absolute Gasteiger partial charge is 0.366 e. The highest BCUT2D eigenvalue weighted by atomic mass is 35.5. The summed E-state index contributed by atoms with van der Waals surface area (Å²) >= 11 is 11.4. The van der Waals surface area contributed by atoms with Crippen molar-refractivity contribution < 1.29 is 4.39 Å². The number of rotatable bonds is 3. The molecular formula is C12H9Cl2FN2. The molecule has 0 saturated carbocycles. The predicted molar refractivity (Wildman–Crippen MR) is 68.0 cm³/mol. The van der Waals surface area contributed by atoms with E-state index in [0.29, 0.717) is 17.4 Å². The summed E-state index contributed by atoms with van der Waals surface area (Å²) in [6.45, 7) is 0.522. The van der Waals surface area contributed by atoms with Gasteiger partial charge in [-0.25, -0.2) is 9.37 Å². The highest BCUT2D eigenvalue weighted by molar-refractivity contribution is 6.30. The predicted octanol–water partition coefficient (Wildman–Crippen LogP) is 4.14. The van der Waals surface area contributed by atoms with Crippen molar-refractivity contribution in [3.63, 3.8) is 0 Å². The van der Waals surface area contributed by atoms with Crippen LogP contribution in [0.25, 0.3) is 0 Å². The van der Waals surface area contributed by atoms with E-state index in [1.165, 1.54) is 6.07 Å². The van der Waals surface area contributed by atoms with Gasteiger partial charge in [0, 0.05) is 12.7 Å². The van der Waals surface area contributed by atoms with Crippen LogP contribution in [0, 0.1) is 5.82 Å². The van der Waals surface area contributed by atoms with Crippen LogP contribution in [0.5, 0.6) is 0 Å². The van der Waals surface area contributed by atoms with Crippen molar-refractivity contribution in [1.82, 2.24) is 4.98 Å². The number of hydrogen-bond donors (Lipinski definition) is 1. The second-order valence-corrected chi connectivity index (χ2v) is 4.31. The molecule has 0 saturated heterocycles. The molecule has 5 heteroatoms. The molecule has 2 rings (SSSR count). The molecule has 2 aromatic rings. The Balaban J connectivity index is 2.02. The Hall–Kier alpha value is -1.32. The molecule has 0 aliphatic carbocycles. The van der Waals surface area contributed by atoms with E-state index in [4.69, 9.17) is 23.2 Å². The van der Waals surface area contributed by atoms with Gasteiger partial charge in [-0.05, 0) is 29.8 Å². The second kappa shape index (κ2) is 5.34. The monoisotopic (exact) mass is 270 g/mol. The van der Waals surface area contributed by atoms with Gasteiger partial charge in [0.1, 0.15) is 11.6 Å². The number of nitrogens with zero attached hydrogens (tertiary/aromatic N) is 1. The van der Waals surface area contributed by atoms with Gasteiger partial charge in [0.05, 0.1) is 10.0 Å². The first-order valence-electron chi connectivity index (χ1n) is 4.94. The zero-order valence-corrected chi connectivity index (χ0v) is 10.3. The molecule has 2 nitrogen and oxygen atoms in total. The fourth-order valence-corrected chi connectivity index (χ4v) is 1.64. The van der Waals surface area contributed by atoms with E-state index < -0.39 is 5.82 Å². The van der Waals surface area contributed by atoms with Crippen molar-refractivity contribution >= 4 is 29.0 Å². The summed E-state index contributed by atoms with van der Waals surface area (Å²) in [7, 11) is 0. The maximum atomic E-state index is 12.9. The fourth-order valence-electron chi connectivity index (χ4n) is 1.32. The van der Waals surface area contributed by atoms with Gasteiger partial charge in [0.15, 0.2) is 0 Å². The smallest absolute Gasteiger partial charge is 0.141 e. The molecular weight excluding hydrogens is 262 g/mol. The summed E-state index contributed by atoms with van der Waals surface area (Å²) in [5.41, 5.74) is 0.883. The lowest BCUT2D eigenvalue weighted by Gasteiger charge is -2.06. The van der Waals surface area contributed by atoms with E-state index in [0.717, 1.165) is 5.56 Å². The van der Waals surface area contributed by atoms with Crippen molar-refractivity contribution in [1.29, 1.82) is 0 Å². The Labute approximate surface area is 108 Å². The maximum absolute atomic E-state index is 12.9. The molecule has 0 atom stereocenters. The van der Waals surface area contributed by atoms with E-state index in [1.807, 2.05) is 0 Å². The highest BCUT2D eigenvalue weighted by Gasteiger charge is 2.01. The molecule has 0 radical (unpaired) electrons. The summed E-state index contributed by atoms with van der Waals surface area (Å²) in [5, 5.41) is 3.79. The third-order valence-corrected chi connectivity index (χ3v) is 2.70. The summed E-state index contributed by atoms with van der Waals surface area (Å²) in [5.74, 6) is 0.287. The van der Waals surface area contributed by atoms with Crippen LogP contribution >= 0.6 is 23.2 Å². The molecule has 1 aromatic carbocycles. The Morgan fingerprint density at radius 3 is 2.65 bits per heavy atom. The van der Waals surface area contributed by atoms with Crippen molar-refractivity contribution in [3.05, 3.63) is 58.0 Å². The molecule has 0 aliphatic rings. The van der Waals surface area contributed by atoms with Gasteiger partial charge in [-0.1, -0.05) is 29.3 Å². The molecule has 0 bridgehead atoms. The minimum absolute atomic E-state index is 0.119. The summed E-state index contributed by atoms with van der Waals surface area (Å²) < 4.78 is 12.9. The summed E-state index contributed by atoms with van der Waals surface area (Å²) in [6.07, 6.45) is 1.56. The first-order valence-corrected chi connectivity index (χ1v) is 5.70. The SMILES string of the molecule is Fc1ccc(CNc2ccc(Cl)cn2)cc1Cl. The average Bonchev–Trinajstić information content (AvgIpc) is 2.33. The third-order valence-electron chi connectivity index (χ3n) is 2.19. The van der Waals surface area contributed by atoms with Crippen LogP contribution in [0.15, 0.2) is 36.5 Å². The van der Waals surface area contributed by atoms with Gasteiger partial charge in [0.25, 0.3) is 0 Å². The van der Waals surface area contributed by atoms with Gasteiger partial charge >= 0.3 is 0 Å². The zero-order chi connectivity index (χ0) is 12.3. The average molecular weight is 271 g/mol. The number of hydrogen-bond acceptors (Lipinski definition) is 2. The minimum Gasteiger partial charge on any atom is -0.366 e. The van der Waals surface area contributed by atoms with Gasteiger partial charge in [0.2, 0.25) is 0 Å². The fraction of sp³-hybridized carbons (Fsp3) is 0.0833. The lowest BCUT2D eigenvalue weighted by molar-refractivity contribution is 0.627. The Kier molecular flexibility index (Phi) is 3.82. The molecule has 0 amide bonds. The number of halogens is 3. The lowest BCUT2D eigenvalue weighted by Crippen LogP contribution is -2.01. The van der Waals surface area contributed by atoms with Crippen LogP contribution in [0.2, 0.25) is 10.0 Å². The van der Waals surface area contributed by atoms with Gasteiger partial charge in [-0.15, -0.1) is 0 Å². The van der Waals surface area contributed by atoms with Crippen molar-refractivity contribution in [3.8, 4) is 0 Å². The van der Waals surface area contributed by atoms with E-state index in [9.17, 15) is 4.39 Å². The molecule has 0 fully saturated rings. The number of aromatic nitrogens is 1. The van der Waals surface area contributed by atoms with Crippen molar-refractivity contribution in [2.75, 3.05) is 5.32 Å². The van der Waals surface area contributed by atoms with Crippen LogP contribution < -0.4 is 5.32 Å². The van der Waals surface area contributed by atoms with Gasteiger partial charge in [-0.3, -0.25) is 0 Å². The molecule has 0 spiro atoms. The Morgan fingerprint density at radius 2 is 2.00 bits per heavy atom. The van der Waals surface area contributed by atoms with Crippen LogP contribution in [-0.2, 0) is 6.54 Å². The zero-order valence-electron chi connectivity index (χ0n) is 8.75. The minimum atomic E-state index is -0.417. The first kappa shape index (κ1) is 12.1. The topological polar surface area (TPSA) is 24.9 Å². The highest BCUT2D eigenvalue weighted by Crippen LogP contribution is 2.17. The normalized spacial score (nSPS) is 10.3. The van der Waals surface area contributed by atoms with Gasteiger partial charge < -0.3 is 5.32 Å².